The summed E-state index contributed by atoms with van der Waals surface area (Å²) in [5.74, 6) is 0.702. The molecule has 4 rings (SSSR count). The maximum atomic E-state index is 13.5. The van der Waals surface area contributed by atoms with Gasteiger partial charge in [-0.1, -0.05) is 31.0 Å². The van der Waals surface area contributed by atoms with Crippen LogP contribution in [0.4, 0.5) is 16.4 Å². The number of benzene rings is 2. The number of fused-ring (bicyclic) bond motifs is 1. The summed E-state index contributed by atoms with van der Waals surface area (Å²) in [6, 6.07) is 15.9. The van der Waals surface area contributed by atoms with Crippen molar-refractivity contribution in [3.63, 3.8) is 0 Å². The van der Waals surface area contributed by atoms with Crippen LogP contribution in [0, 0.1) is 0 Å². The van der Waals surface area contributed by atoms with Crippen LogP contribution in [0.3, 0.4) is 0 Å². The Balaban J connectivity index is 1.69. The van der Waals surface area contributed by atoms with E-state index in [9.17, 15) is 4.79 Å². The number of hydrogen-bond acceptors (Lipinski definition) is 5. The lowest BCUT2D eigenvalue weighted by atomic mass is 9.96. The number of hydrogen-bond donors (Lipinski definition) is 1. The van der Waals surface area contributed by atoms with E-state index in [1.165, 1.54) is 23.3 Å². The van der Waals surface area contributed by atoms with Crippen molar-refractivity contribution in [1.29, 1.82) is 0 Å². The van der Waals surface area contributed by atoms with E-state index < -0.39 is 0 Å². The SMILES string of the molecule is CCN(CC)c1ccc(C=Nc2sc3c(c2C(=O)Nc2ccccc2)CCCCCC3)c(OC)c1. The van der Waals surface area contributed by atoms with Crippen molar-refractivity contribution in [2.24, 2.45) is 4.99 Å². The van der Waals surface area contributed by atoms with Gasteiger partial charge in [-0.05, 0) is 69.4 Å². The van der Waals surface area contributed by atoms with Crippen LogP contribution >= 0.6 is 11.3 Å². The van der Waals surface area contributed by atoms with E-state index >= 15 is 0 Å². The molecular weight excluding hydrogens is 454 g/mol. The van der Waals surface area contributed by atoms with Gasteiger partial charge in [0.1, 0.15) is 10.8 Å². The molecule has 0 atom stereocenters. The number of aryl methyl sites for hydroxylation is 1. The first-order chi connectivity index (χ1) is 17.1. The average Bonchev–Trinajstić information content (AvgIpc) is 3.20. The molecule has 5 nitrogen and oxygen atoms in total. The zero-order valence-corrected chi connectivity index (χ0v) is 21.8. The number of para-hydroxylation sites is 1. The molecule has 2 aromatic carbocycles. The summed E-state index contributed by atoms with van der Waals surface area (Å²) in [6.45, 7) is 6.17. The van der Waals surface area contributed by atoms with Crippen molar-refractivity contribution in [3.8, 4) is 5.75 Å². The minimum absolute atomic E-state index is 0.0785. The van der Waals surface area contributed by atoms with Crippen LogP contribution in [0.1, 0.15) is 65.9 Å². The highest BCUT2D eigenvalue weighted by Gasteiger charge is 2.24. The molecule has 35 heavy (non-hydrogen) atoms. The zero-order valence-electron chi connectivity index (χ0n) is 21.0. The Kier molecular flexibility index (Phi) is 8.59. The summed E-state index contributed by atoms with van der Waals surface area (Å²) >= 11 is 1.66. The van der Waals surface area contributed by atoms with E-state index in [-0.39, 0.29) is 5.91 Å². The predicted molar refractivity (Wildman–Crippen MR) is 148 cm³/mol. The third kappa shape index (κ3) is 5.93. The van der Waals surface area contributed by atoms with Crippen LogP contribution in [0.15, 0.2) is 53.5 Å². The molecule has 0 saturated heterocycles. The number of carbonyl (C=O) groups excluding carboxylic acids is 1. The summed E-state index contributed by atoms with van der Waals surface area (Å²) in [5.41, 5.74) is 4.74. The van der Waals surface area contributed by atoms with Crippen LogP contribution in [-0.4, -0.2) is 32.3 Å². The fourth-order valence-corrected chi connectivity index (χ4v) is 5.90. The van der Waals surface area contributed by atoms with E-state index in [0.717, 1.165) is 72.0 Å². The number of carbonyl (C=O) groups is 1. The first kappa shape index (κ1) is 25.0. The monoisotopic (exact) mass is 489 g/mol. The highest BCUT2D eigenvalue weighted by Crippen LogP contribution is 2.39. The molecule has 0 saturated carbocycles. The molecule has 0 radical (unpaired) electrons. The van der Waals surface area contributed by atoms with Gasteiger partial charge in [-0.2, -0.15) is 0 Å². The van der Waals surface area contributed by atoms with Gasteiger partial charge >= 0.3 is 0 Å². The number of anilines is 2. The molecule has 3 aromatic rings. The van der Waals surface area contributed by atoms with Gasteiger partial charge in [0.05, 0.1) is 12.7 Å². The van der Waals surface area contributed by atoms with Crippen LogP contribution in [0.2, 0.25) is 0 Å². The van der Waals surface area contributed by atoms with Crippen molar-refractivity contribution in [1.82, 2.24) is 0 Å². The highest BCUT2D eigenvalue weighted by atomic mass is 32.1. The van der Waals surface area contributed by atoms with Gasteiger partial charge in [-0.15, -0.1) is 11.3 Å². The molecule has 1 N–H and O–H groups in total. The Morgan fingerprint density at radius 2 is 1.80 bits per heavy atom. The molecule has 0 fully saturated rings. The highest BCUT2D eigenvalue weighted by molar-refractivity contribution is 7.16. The lowest BCUT2D eigenvalue weighted by molar-refractivity contribution is 0.102. The van der Waals surface area contributed by atoms with Crippen molar-refractivity contribution in [3.05, 3.63) is 70.1 Å². The molecule has 0 bridgehead atoms. The first-order valence-corrected chi connectivity index (χ1v) is 13.4. The number of amides is 1. The van der Waals surface area contributed by atoms with E-state index in [4.69, 9.17) is 9.73 Å². The number of ether oxygens (including phenoxy) is 1. The maximum absolute atomic E-state index is 13.5. The zero-order chi connectivity index (χ0) is 24.6. The molecule has 1 aliphatic carbocycles. The van der Waals surface area contributed by atoms with Gasteiger partial charge in [0.2, 0.25) is 0 Å². The van der Waals surface area contributed by atoms with E-state index in [0.29, 0.717) is 0 Å². The quantitative estimate of drug-likeness (QED) is 0.339. The van der Waals surface area contributed by atoms with Crippen molar-refractivity contribution in [2.45, 2.75) is 52.4 Å². The van der Waals surface area contributed by atoms with E-state index in [1.807, 2.05) is 42.6 Å². The average molecular weight is 490 g/mol. The Bertz CT molecular complexity index is 1170. The number of thiophene rings is 1. The molecule has 1 heterocycles. The van der Waals surface area contributed by atoms with Gasteiger partial charge in [-0.3, -0.25) is 4.79 Å². The second-order valence-corrected chi connectivity index (χ2v) is 9.86. The molecule has 0 aliphatic heterocycles. The smallest absolute Gasteiger partial charge is 0.259 e. The Labute approximate surface area is 212 Å². The molecule has 6 heteroatoms. The molecule has 0 spiro atoms. The lowest BCUT2D eigenvalue weighted by Gasteiger charge is -2.22. The minimum atomic E-state index is -0.0785. The number of nitrogens with zero attached hydrogens (tertiary/aromatic N) is 2. The largest absolute Gasteiger partial charge is 0.496 e. The fourth-order valence-electron chi connectivity index (χ4n) is 4.67. The normalized spacial score (nSPS) is 13.7. The second-order valence-electron chi connectivity index (χ2n) is 8.78. The number of aliphatic imine (C=N–C) groups is 1. The maximum Gasteiger partial charge on any atom is 0.259 e. The molecule has 184 valence electrons. The van der Waals surface area contributed by atoms with Crippen LogP contribution < -0.4 is 15.0 Å². The summed E-state index contributed by atoms with van der Waals surface area (Å²) < 4.78 is 5.69. The summed E-state index contributed by atoms with van der Waals surface area (Å²) in [6.07, 6.45) is 8.52. The lowest BCUT2D eigenvalue weighted by Crippen LogP contribution is -2.21. The minimum Gasteiger partial charge on any atom is -0.496 e. The summed E-state index contributed by atoms with van der Waals surface area (Å²) in [4.78, 5) is 21.9. The Morgan fingerprint density at radius 1 is 1.06 bits per heavy atom. The molecule has 0 unspecified atom stereocenters. The van der Waals surface area contributed by atoms with Crippen molar-refractivity contribution < 1.29 is 9.53 Å². The van der Waals surface area contributed by atoms with Crippen LogP contribution in [0.25, 0.3) is 0 Å². The van der Waals surface area contributed by atoms with E-state index in [1.54, 1.807) is 18.4 Å². The Morgan fingerprint density at radius 3 is 2.51 bits per heavy atom. The van der Waals surface area contributed by atoms with Gasteiger partial charge < -0.3 is 15.0 Å². The molecule has 1 aromatic heterocycles. The third-order valence-corrected chi connectivity index (χ3v) is 7.78. The first-order valence-electron chi connectivity index (χ1n) is 12.6. The van der Waals surface area contributed by atoms with Crippen molar-refractivity contribution in [2.75, 3.05) is 30.4 Å². The van der Waals surface area contributed by atoms with Crippen LogP contribution in [0.5, 0.6) is 5.75 Å². The number of rotatable bonds is 8. The van der Waals surface area contributed by atoms with Crippen LogP contribution in [-0.2, 0) is 12.8 Å². The van der Waals surface area contributed by atoms with Gasteiger partial charge in [-0.25, -0.2) is 4.99 Å². The van der Waals surface area contributed by atoms with Gasteiger partial charge in [0.25, 0.3) is 5.91 Å². The third-order valence-electron chi connectivity index (χ3n) is 6.58. The fraction of sp³-hybridized carbons (Fsp3) is 0.379. The number of nitrogens with one attached hydrogen (secondary N) is 1. The summed E-state index contributed by atoms with van der Waals surface area (Å²) in [5, 5.41) is 3.87. The molecule has 1 amide bonds. The Hall–Kier alpha value is -3.12. The van der Waals surface area contributed by atoms with E-state index in [2.05, 4.69) is 36.2 Å². The topological polar surface area (TPSA) is 53.9 Å². The van der Waals surface area contributed by atoms with Gasteiger partial charge in [0, 0.05) is 47.2 Å². The second kappa shape index (κ2) is 12.0. The standard InChI is InChI=1S/C29H35N3O2S/c1-4-32(5-2)23-18-17-21(25(19-23)34-3)20-30-29-27(28(33)31-22-13-9-8-10-14-22)24-15-11-6-7-12-16-26(24)35-29/h8-10,13-14,17-20H,4-7,11-12,15-16H2,1-3H3,(H,31,33). The molecule has 1 aliphatic rings. The number of methoxy groups -OCH3 is 1. The summed E-state index contributed by atoms with van der Waals surface area (Å²) in [7, 11) is 1.69. The van der Waals surface area contributed by atoms with Crippen molar-refractivity contribution >= 4 is 39.8 Å². The predicted octanol–water partition coefficient (Wildman–Crippen LogP) is 7.26. The van der Waals surface area contributed by atoms with Gasteiger partial charge in [0.15, 0.2) is 0 Å². The molecular formula is C29H35N3O2S.